The highest BCUT2D eigenvalue weighted by molar-refractivity contribution is 7.91. The van der Waals surface area contributed by atoms with Crippen molar-refractivity contribution in [2.45, 2.75) is 10.8 Å². The molecular formula is C13H11N3O2S2. The summed E-state index contributed by atoms with van der Waals surface area (Å²) in [7, 11) is -3.44. The smallest absolute Gasteiger partial charge is 0.250 e. The predicted octanol–water partition coefficient (Wildman–Crippen LogP) is 2.17. The lowest BCUT2D eigenvalue weighted by atomic mass is 10.2. The van der Waals surface area contributed by atoms with E-state index in [0.29, 0.717) is 4.21 Å². The predicted molar refractivity (Wildman–Crippen MR) is 77.9 cm³/mol. The average molecular weight is 305 g/mol. The van der Waals surface area contributed by atoms with Crippen LogP contribution >= 0.6 is 11.3 Å². The zero-order valence-corrected chi connectivity index (χ0v) is 12.0. The zero-order valence-electron chi connectivity index (χ0n) is 10.4. The summed E-state index contributed by atoms with van der Waals surface area (Å²) < 4.78 is 26.9. The number of nitrogens with zero attached hydrogens (tertiary/aromatic N) is 2. The Morgan fingerprint density at radius 2 is 1.90 bits per heavy atom. The van der Waals surface area contributed by atoms with Crippen LogP contribution in [0.3, 0.4) is 0 Å². The molecule has 0 aliphatic carbocycles. The molecule has 7 heteroatoms. The Labute approximate surface area is 120 Å². The zero-order chi connectivity index (χ0) is 14.0. The number of hydrogen-bond donors (Lipinski definition) is 1. The largest absolute Gasteiger partial charge is 0.253 e. The van der Waals surface area contributed by atoms with Gasteiger partial charge in [-0.2, -0.15) is 0 Å². The van der Waals surface area contributed by atoms with Gasteiger partial charge in [0, 0.05) is 18.9 Å². The number of nitrogens with one attached hydrogen (secondary N) is 1. The molecule has 0 amide bonds. The van der Waals surface area contributed by atoms with E-state index >= 15 is 0 Å². The monoisotopic (exact) mass is 305 g/mol. The molecule has 0 fully saturated rings. The van der Waals surface area contributed by atoms with E-state index < -0.39 is 10.0 Å². The summed E-state index contributed by atoms with van der Waals surface area (Å²) in [5.41, 5.74) is 2.39. The van der Waals surface area contributed by atoms with E-state index in [2.05, 4.69) is 14.7 Å². The topological polar surface area (TPSA) is 72.0 Å². The molecule has 0 aliphatic rings. The van der Waals surface area contributed by atoms with E-state index in [1.165, 1.54) is 11.3 Å². The van der Waals surface area contributed by atoms with Crippen molar-refractivity contribution >= 4 is 32.4 Å². The fourth-order valence-electron chi connectivity index (χ4n) is 1.78. The van der Waals surface area contributed by atoms with Gasteiger partial charge in [0.05, 0.1) is 11.0 Å². The molecule has 20 heavy (non-hydrogen) atoms. The van der Waals surface area contributed by atoms with E-state index in [4.69, 9.17) is 0 Å². The van der Waals surface area contributed by atoms with Gasteiger partial charge in [-0.25, -0.2) is 13.1 Å². The third kappa shape index (κ3) is 2.69. The van der Waals surface area contributed by atoms with E-state index in [1.54, 1.807) is 29.9 Å². The van der Waals surface area contributed by atoms with Crippen molar-refractivity contribution in [3.63, 3.8) is 0 Å². The Morgan fingerprint density at radius 3 is 2.65 bits per heavy atom. The quantitative estimate of drug-likeness (QED) is 0.802. The molecular weight excluding hydrogens is 294 g/mol. The van der Waals surface area contributed by atoms with E-state index in [1.807, 2.05) is 18.2 Å². The van der Waals surface area contributed by atoms with Crippen molar-refractivity contribution in [3.05, 3.63) is 53.7 Å². The maximum Gasteiger partial charge on any atom is 0.250 e. The Morgan fingerprint density at radius 1 is 1.10 bits per heavy atom. The normalized spacial score (nSPS) is 11.8. The first kappa shape index (κ1) is 13.2. The molecule has 2 heterocycles. The molecule has 2 aromatic heterocycles. The summed E-state index contributed by atoms with van der Waals surface area (Å²) in [5.74, 6) is 0. The van der Waals surface area contributed by atoms with E-state index in [-0.39, 0.29) is 6.54 Å². The minimum atomic E-state index is -3.44. The summed E-state index contributed by atoms with van der Waals surface area (Å²) in [6, 6.07) is 8.80. The Kier molecular flexibility index (Phi) is 3.47. The van der Waals surface area contributed by atoms with Gasteiger partial charge in [0.2, 0.25) is 10.0 Å². The summed E-state index contributed by atoms with van der Waals surface area (Å²) >= 11 is 1.19. The number of sulfonamides is 1. The van der Waals surface area contributed by atoms with Crippen molar-refractivity contribution in [3.8, 4) is 0 Å². The van der Waals surface area contributed by atoms with Crippen LogP contribution in [0, 0.1) is 0 Å². The van der Waals surface area contributed by atoms with Crippen LogP contribution in [0.1, 0.15) is 5.56 Å². The van der Waals surface area contributed by atoms with Gasteiger partial charge in [0.15, 0.2) is 0 Å². The fraction of sp³-hybridized carbons (Fsp3) is 0.0769. The Bertz CT molecular complexity index is 830. The molecule has 1 aromatic carbocycles. The second kappa shape index (κ2) is 5.28. The van der Waals surface area contributed by atoms with Crippen LogP contribution in [0.4, 0.5) is 0 Å². The first-order valence-electron chi connectivity index (χ1n) is 5.88. The van der Waals surface area contributed by atoms with Crippen LogP contribution in [-0.2, 0) is 16.6 Å². The van der Waals surface area contributed by atoms with E-state index in [9.17, 15) is 8.42 Å². The van der Waals surface area contributed by atoms with Crippen LogP contribution in [0.15, 0.2) is 52.3 Å². The lowest BCUT2D eigenvalue weighted by molar-refractivity contribution is 0.583. The van der Waals surface area contributed by atoms with Gasteiger partial charge in [-0.3, -0.25) is 9.97 Å². The van der Waals surface area contributed by atoms with Gasteiger partial charge in [0.1, 0.15) is 4.21 Å². The third-order valence-corrected chi connectivity index (χ3v) is 5.56. The number of aromatic nitrogens is 2. The second-order valence-electron chi connectivity index (χ2n) is 4.14. The molecule has 0 unspecified atom stereocenters. The molecule has 5 nitrogen and oxygen atoms in total. The molecule has 0 saturated carbocycles. The first-order chi connectivity index (χ1) is 9.65. The average Bonchev–Trinajstić information content (AvgIpc) is 3.00. The first-order valence-corrected chi connectivity index (χ1v) is 8.24. The third-order valence-electron chi connectivity index (χ3n) is 2.76. The minimum absolute atomic E-state index is 0.229. The van der Waals surface area contributed by atoms with E-state index in [0.717, 1.165) is 16.6 Å². The molecule has 3 rings (SSSR count). The van der Waals surface area contributed by atoms with Crippen LogP contribution in [-0.4, -0.2) is 18.4 Å². The van der Waals surface area contributed by atoms with Gasteiger partial charge in [-0.1, -0.05) is 12.1 Å². The number of thiophene rings is 1. The van der Waals surface area contributed by atoms with Gasteiger partial charge < -0.3 is 0 Å². The molecule has 0 saturated heterocycles. The molecule has 0 aliphatic heterocycles. The summed E-state index contributed by atoms with van der Waals surface area (Å²) in [6.45, 7) is 0.229. The second-order valence-corrected chi connectivity index (χ2v) is 7.08. The number of benzene rings is 1. The highest BCUT2D eigenvalue weighted by Gasteiger charge is 2.14. The molecule has 1 N–H and O–H groups in total. The maximum absolute atomic E-state index is 12.0. The van der Waals surface area contributed by atoms with Gasteiger partial charge >= 0.3 is 0 Å². The molecule has 0 bridgehead atoms. The summed E-state index contributed by atoms with van der Waals surface area (Å²) in [5, 5.41) is 1.74. The van der Waals surface area contributed by atoms with Gasteiger partial charge in [-0.05, 0) is 29.1 Å². The van der Waals surface area contributed by atoms with Crippen molar-refractivity contribution in [1.82, 2.24) is 14.7 Å². The fourth-order valence-corrected chi connectivity index (χ4v) is 3.84. The number of fused-ring (bicyclic) bond motifs is 1. The van der Waals surface area contributed by atoms with Crippen LogP contribution in [0.5, 0.6) is 0 Å². The highest BCUT2D eigenvalue weighted by Crippen LogP contribution is 2.16. The minimum Gasteiger partial charge on any atom is -0.253 e. The molecule has 102 valence electrons. The summed E-state index contributed by atoms with van der Waals surface area (Å²) in [6.07, 6.45) is 3.24. The molecule has 0 atom stereocenters. The molecule has 0 radical (unpaired) electrons. The van der Waals surface area contributed by atoms with Crippen LogP contribution < -0.4 is 4.72 Å². The number of rotatable bonds is 4. The standard InChI is InChI=1S/C13H11N3O2S2/c17-20(18,13-2-1-7-19-13)16-9-10-3-4-11-12(8-10)15-6-5-14-11/h1-8,16H,9H2. The van der Waals surface area contributed by atoms with Crippen molar-refractivity contribution in [2.75, 3.05) is 0 Å². The lowest BCUT2D eigenvalue weighted by Gasteiger charge is -2.05. The van der Waals surface area contributed by atoms with Crippen LogP contribution in [0.25, 0.3) is 11.0 Å². The number of hydrogen-bond acceptors (Lipinski definition) is 5. The van der Waals surface area contributed by atoms with Crippen molar-refractivity contribution in [2.24, 2.45) is 0 Å². The SMILES string of the molecule is O=S(=O)(NCc1ccc2nccnc2c1)c1cccs1. The van der Waals surface area contributed by atoms with Crippen LogP contribution in [0.2, 0.25) is 0 Å². The Balaban J connectivity index is 1.80. The summed E-state index contributed by atoms with van der Waals surface area (Å²) in [4.78, 5) is 8.37. The molecule has 3 aromatic rings. The molecule has 0 spiro atoms. The Hall–Kier alpha value is -1.83. The van der Waals surface area contributed by atoms with Gasteiger partial charge in [0.25, 0.3) is 0 Å². The maximum atomic E-state index is 12.0. The van der Waals surface area contributed by atoms with Crippen molar-refractivity contribution < 1.29 is 8.42 Å². The van der Waals surface area contributed by atoms with Gasteiger partial charge in [-0.15, -0.1) is 11.3 Å². The van der Waals surface area contributed by atoms with Crippen molar-refractivity contribution in [1.29, 1.82) is 0 Å². The lowest BCUT2D eigenvalue weighted by Crippen LogP contribution is -2.22. The highest BCUT2D eigenvalue weighted by atomic mass is 32.2.